The summed E-state index contributed by atoms with van der Waals surface area (Å²) in [5, 5.41) is 0. The molecule has 1 aromatic carbocycles. The van der Waals surface area contributed by atoms with E-state index in [1.54, 1.807) is 24.3 Å². The molecule has 2 amide bonds. The lowest BCUT2D eigenvalue weighted by Gasteiger charge is -2.32. The number of primary amides is 1. The molecular weight excluding hydrogens is 306 g/mol. The van der Waals surface area contributed by atoms with Crippen LogP contribution in [0.3, 0.4) is 0 Å². The smallest absolute Gasteiger partial charge is 0.248 e. The van der Waals surface area contributed by atoms with Crippen LogP contribution in [0.5, 0.6) is 5.75 Å². The van der Waals surface area contributed by atoms with E-state index in [1.165, 1.54) is 0 Å². The molecule has 2 bridgehead atoms. The van der Waals surface area contributed by atoms with E-state index in [1.807, 2.05) is 11.9 Å². The summed E-state index contributed by atoms with van der Waals surface area (Å²) in [7, 11) is 1.93. The number of ether oxygens (including phenoxy) is 1. The lowest BCUT2D eigenvalue weighted by atomic mass is 9.95. The quantitative estimate of drug-likeness (QED) is 0.792. The molecule has 3 heterocycles. The Kier molecular flexibility index (Phi) is 5.04. The van der Waals surface area contributed by atoms with Gasteiger partial charge in [-0.15, -0.1) is 0 Å². The Bertz CT molecular complexity index is 602. The summed E-state index contributed by atoms with van der Waals surface area (Å²) >= 11 is 0. The van der Waals surface area contributed by atoms with Crippen LogP contribution < -0.4 is 10.5 Å². The fourth-order valence-electron chi connectivity index (χ4n) is 3.62. The molecule has 3 aliphatic heterocycles. The minimum absolute atomic E-state index is 0.163. The van der Waals surface area contributed by atoms with Crippen molar-refractivity contribution in [2.45, 2.75) is 25.3 Å². The van der Waals surface area contributed by atoms with E-state index in [0.29, 0.717) is 24.1 Å². The second kappa shape index (κ2) is 7.21. The summed E-state index contributed by atoms with van der Waals surface area (Å²) in [6.07, 6.45) is 3.05. The molecule has 0 unspecified atom stereocenters. The van der Waals surface area contributed by atoms with E-state index in [-0.39, 0.29) is 5.92 Å². The highest BCUT2D eigenvalue weighted by Gasteiger charge is 2.38. The van der Waals surface area contributed by atoms with Crippen molar-refractivity contribution in [1.82, 2.24) is 9.80 Å². The summed E-state index contributed by atoms with van der Waals surface area (Å²) in [5.74, 6) is 0.776. The summed E-state index contributed by atoms with van der Waals surface area (Å²) < 4.78 is 5.72. The Morgan fingerprint density at radius 2 is 2.00 bits per heavy atom. The molecule has 6 nitrogen and oxygen atoms in total. The maximum Gasteiger partial charge on any atom is 0.248 e. The van der Waals surface area contributed by atoms with Gasteiger partial charge in [0.25, 0.3) is 0 Å². The Morgan fingerprint density at radius 1 is 1.25 bits per heavy atom. The monoisotopic (exact) mass is 331 g/mol. The van der Waals surface area contributed by atoms with Gasteiger partial charge in [-0.05, 0) is 43.5 Å². The Balaban J connectivity index is 1.43. The van der Waals surface area contributed by atoms with Gasteiger partial charge >= 0.3 is 0 Å². The van der Waals surface area contributed by atoms with Crippen molar-refractivity contribution in [3.05, 3.63) is 29.8 Å². The van der Waals surface area contributed by atoms with Gasteiger partial charge in [-0.2, -0.15) is 0 Å². The molecule has 0 aromatic heterocycles. The van der Waals surface area contributed by atoms with Crippen LogP contribution in [0.15, 0.2) is 24.3 Å². The summed E-state index contributed by atoms with van der Waals surface area (Å²) in [5.41, 5.74) is 5.70. The molecule has 0 spiro atoms. The second-order valence-electron chi connectivity index (χ2n) is 6.73. The molecule has 0 aliphatic carbocycles. The zero-order valence-electron chi connectivity index (χ0n) is 14.1. The average Bonchev–Trinajstić information content (AvgIpc) is 2.85. The van der Waals surface area contributed by atoms with E-state index >= 15 is 0 Å². The van der Waals surface area contributed by atoms with Gasteiger partial charge in [0.15, 0.2) is 0 Å². The number of nitrogens with two attached hydrogens (primary N) is 1. The molecule has 0 radical (unpaired) electrons. The number of benzene rings is 1. The Labute approximate surface area is 142 Å². The van der Waals surface area contributed by atoms with E-state index in [2.05, 4.69) is 4.90 Å². The van der Waals surface area contributed by atoms with E-state index in [9.17, 15) is 9.59 Å². The first-order chi connectivity index (χ1) is 11.5. The van der Waals surface area contributed by atoms with Crippen molar-refractivity contribution in [2.24, 2.45) is 11.7 Å². The van der Waals surface area contributed by atoms with E-state index < -0.39 is 5.91 Å². The third-order valence-electron chi connectivity index (χ3n) is 5.07. The number of fused-ring (bicyclic) bond motifs is 4. The second-order valence-corrected chi connectivity index (χ2v) is 6.73. The van der Waals surface area contributed by atoms with Gasteiger partial charge in [-0.25, -0.2) is 0 Å². The van der Waals surface area contributed by atoms with Crippen molar-refractivity contribution in [2.75, 3.05) is 33.3 Å². The normalized spacial score (nSPS) is 24.0. The molecule has 130 valence electrons. The standard InChI is InChI=1S/C18H25N3O3/c1-20-15-6-3-14(18(20)23)11-21(12-15)9-2-10-24-16-7-4-13(5-8-16)17(19)22/h4-5,7-8,14-15H,2-3,6,9-12H2,1H3,(H2,19,22)/t14-,15+/m1/s1. The number of hydrogen-bond donors (Lipinski definition) is 1. The minimum atomic E-state index is -0.433. The van der Waals surface area contributed by atoms with Crippen LogP contribution >= 0.6 is 0 Å². The summed E-state index contributed by atoms with van der Waals surface area (Å²) in [6.45, 7) is 3.39. The zero-order valence-corrected chi connectivity index (χ0v) is 14.1. The molecular formula is C18H25N3O3. The highest BCUT2D eigenvalue weighted by Crippen LogP contribution is 2.27. The van der Waals surface area contributed by atoms with Gasteiger partial charge in [0.1, 0.15) is 5.75 Å². The number of nitrogens with zero attached hydrogens (tertiary/aromatic N) is 2. The van der Waals surface area contributed by atoms with Gasteiger partial charge in [0, 0.05) is 38.3 Å². The number of carbonyl (C=O) groups excluding carboxylic acids is 2. The zero-order chi connectivity index (χ0) is 17.1. The molecule has 3 fully saturated rings. The molecule has 24 heavy (non-hydrogen) atoms. The van der Waals surface area contributed by atoms with Crippen LogP contribution in [0.2, 0.25) is 0 Å². The highest BCUT2D eigenvalue weighted by atomic mass is 16.5. The van der Waals surface area contributed by atoms with Crippen molar-refractivity contribution < 1.29 is 14.3 Å². The van der Waals surface area contributed by atoms with Crippen LogP contribution in [0.25, 0.3) is 0 Å². The van der Waals surface area contributed by atoms with E-state index in [4.69, 9.17) is 10.5 Å². The molecule has 2 atom stereocenters. The summed E-state index contributed by atoms with van der Waals surface area (Å²) in [6, 6.07) is 7.23. The summed E-state index contributed by atoms with van der Waals surface area (Å²) in [4.78, 5) is 27.5. The first kappa shape index (κ1) is 16.8. The van der Waals surface area contributed by atoms with E-state index in [0.717, 1.165) is 44.6 Å². The van der Waals surface area contributed by atoms with Crippen LogP contribution in [0.1, 0.15) is 29.6 Å². The predicted octanol–water partition coefficient (Wildman–Crippen LogP) is 1.11. The maximum atomic E-state index is 12.2. The van der Waals surface area contributed by atoms with Crippen LogP contribution in [0, 0.1) is 5.92 Å². The van der Waals surface area contributed by atoms with Crippen molar-refractivity contribution in [1.29, 1.82) is 0 Å². The SMILES string of the molecule is CN1C(=O)[C@@H]2CC[C@H]1CN(CCCOc1ccc(C(N)=O)cc1)C2. The fraction of sp³-hybridized carbons (Fsp3) is 0.556. The van der Waals surface area contributed by atoms with Crippen molar-refractivity contribution >= 4 is 11.8 Å². The number of likely N-dealkylation sites (N-methyl/N-ethyl adjacent to an activating group) is 1. The molecule has 2 N–H and O–H groups in total. The van der Waals surface area contributed by atoms with Crippen LogP contribution in [0.4, 0.5) is 0 Å². The first-order valence-corrected chi connectivity index (χ1v) is 8.56. The van der Waals surface area contributed by atoms with Gasteiger partial charge < -0.3 is 20.3 Å². The number of piperidine rings is 1. The highest BCUT2D eigenvalue weighted by molar-refractivity contribution is 5.92. The number of rotatable bonds is 6. The predicted molar refractivity (Wildman–Crippen MR) is 90.8 cm³/mol. The Hall–Kier alpha value is -2.08. The van der Waals surface area contributed by atoms with Crippen molar-refractivity contribution in [3.63, 3.8) is 0 Å². The van der Waals surface area contributed by atoms with Gasteiger partial charge in [-0.1, -0.05) is 0 Å². The number of amides is 2. The largest absolute Gasteiger partial charge is 0.494 e. The number of hydrogen-bond acceptors (Lipinski definition) is 4. The van der Waals surface area contributed by atoms with Crippen LogP contribution in [-0.2, 0) is 4.79 Å². The third-order valence-corrected chi connectivity index (χ3v) is 5.07. The molecule has 1 aromatic rings. The lowest BCUT2D eigenvalue weighted by molar-refractivity contribution is -0.138. The minimum Gasteiger partial charge on any atom is -0.494 e. The molecule has 3 saturated heterocycles. The van der Waals surface area contributed by atoms with Crippen molar-refractivity contribution in [3.8, 4) is 5.75 Å². The Morgan fingerprint density at radius 3 is 2.71 bits per heavy atom. The average molecular weight is 331 g/mol. The molecule has 3 aliphatic rings. The fourth-order valence-corrected chi connectivity index (χ4v) is 3.62. The van der Waals surface area contributed by atoms with Gasteiger partial charge in [-0.3, -0.25) is 9.59 Å². The molecule has 4 rings (SSSR count). The third kappa shape index (κ3) is 3.70. The molecule has 0 saturated carbocycles. The molecule has 6 heteroatoms. The van der Waals surface area contributed by atoms with Gasteiger partial charge in [0.2, 0.25) is 11.8 Å². The lowest BCUT2D eigenvalue weighted by Crippen LogP contribution is -2.45. The van der Waals surface area contributed by atoms with Crippen LogP contribution in [-0.4, -0.2) is 60.9 Å². The maximum absolute atomic E-state index is 12.2. The topological polar surface area (TPSA) is 75.9 Å². The van der Waals surface area contributed by atoms with Gasteiger partial charge in [0.05, 0.1) is 12.5 Å². The number of carbonyl (C=O) groups is 2. The first-order valence-electron chi connectivity index (χ1n) is 8.56.